The molecule has 3 amide bonds. The molecule has 0 radical (unpaired) electrons. The molecule has 0 saturated carbocycles. The van der Waals surface area contributed by atoms with Gasteiger partial charge in [-0.15, -0.1) is 11.3 Å². The van der Waals surface area contributed by atoms with Crippen molar-refractivity contribution in [2.24, 2.45) is 0 Å². The van der Waals surface area contributed by atoms with E-state index in [-0.39, 0.29) is 18.3 Å². The zero-order valence-corrected chi connectivity index (χ0v) is 17.0. The van der Waals surface area contributed by atoms with Crippen molar-refractivity contribution < 1.29 is 14.1 Å². The lowest BCUT2D eigenvalue weighted by atomic mass is 9.78. The van der Waals surface area contributed by atoms with E-state index in [0.717, 1.165) is 21.3 Å². The molecule has 1 spiro atoms. The molecule has 7 nitrogen and oxygen atoms in total. The molecule has 1 atom stereocenters. The van der Waals surface area contributed by atoms with Gasteiger partial charge in [-0.3, -0.25) is 9.69 Å². The van der Waals surface area contributed by atoms with E-state index in [1.165, 1.54) is 21.8 Å². The van der Waals surface area contributed by atoms with Gasteiger partial charge in [-0.2, -0.15) is 4.98 Å². The summed E-state index contributed by atoms with van der Waals surface area (Å²) in [4.78, 5) is 32.0. The van der Waals surface area contributed by atoms with Crippen LogP contribution in [0.3, 0.4) is 0 Å². The van der Waals surface area contributed by atoms with E-state index >= 15 is 0 Å². The number of benzene rings is 1. The molecular formula is C19H15BrN4O3S. The van der Waals surface area contributed by atoms with Gasteiger partial charge in [-0.1, -0.05) is 29.4 Å². The second-order valence-corrected chi connectivity index (χ2v) is 8.82. The maximum Gasteiger partial charge on any atom is 0.325 e. The maximum absolute atomic E-state index is 13.1. The van der Waals surface area contributed by atoms with E-state index in [9.17, 15) is 9.59 Å². The number of amides is 3. The lowest BCUT2D eigenvalue weighted by Gasteiger charge is -2.32. The Bertz CT molecular complexity index is 1090. The molecule has 2 aromatic heterocycles. The third-order valence-corrected chi connectivity index (χ3v) is 6.91. The standard InChI is InChI=1S/C19H15BrN4O3S/c20-13-7-14(28-10-13)16-21-15(27-23-16)9-24-17(25)19(22-18(24)26)6-5-11-3-1-2-4-12(11)8-19/h1-4,7,10H,5-6,8-9H2,(H,22,26). The molecule has 1 aromatic carbocycles. The molecule has 1 aliphatic carbocycles. The molecule has 2 aliphatic rings. The average Bonchev–Trinajstić information content (AvgIpc) is 3.38. The topological polar surface area (TPSA) is 88.3 Å². The number of carbonyl (C=O) groups is 2. The number of thiophene rings is 1. The van der Waals surface area contributed by atoms with Crippen molar-refractivity contribution in [2.75, 3.05) is 0 Å². The number of imide groups is 1. The Morgan fingerprint density at radius 2 is 2.11 bits per heavy atom. The molecule has 1 saturated heterocycles. The van der Waals surface area contributed by atoms with Gasteiger partial charge in [0.05, 0.1) is 4.88 Å². The fraction of sp³-hybridized carbons (Fsp3) is 0.263. The van der Waals surface area contributed by atoms with Crippen molar-refractivity contribution in [3.63, 3.8) is 0 Å². The summed E-state index contributed by atoms with van der Waals surface area (Å²) in [5.74, 6) is 0.445. The summed E-state index contributed by atoms with van der Waals surface area (Å²) < 4.78 is 6.21. The number of aryl methyl sites for hydroxylation is 1. The summed E-state index contributed by atoms with van der Waals surface area (Å²) in [5, 5.41) is 8.80. The Hall–Kier alpha value is -2.52. The summed E-state index contributed by atoms with van der Waals surface area (Å²) in [6.07, 6.45) is 1.85. The fourth-order valence-corrected chi connectivity index (χ4v) is 5.18. The van der Waals surface area contributed by atoms with Crippen LogP contribution in [0.1, 0.15) is 23.4 Å². The predicted octanol–water partition coefficient (Wildman–Crippen LogP) is 3.54. The number of hydrogen-bond acceptors (Lipinski definition) is 6. The third kappa shape index (κ3) is 2.85. The lowest BCUT2D eigenvalue weighted by molar-refractivity contribution is -0.132. The first-order chi connectivity index (χ1) is 13.5. The number of carbonyl (C=O) groups excluding carboxylic acids is 2. The largest absolute Gasteiger partial charge is 0.337 e. The third-order valence-electron chi connectivity index (χ3n) is 5.23. The highest BCUT2D eigenvalue weighted by Crippen LogP contribution is 2.34. The van der Waals surface area contributed by atoms with E-state index in [0.29, 0.717) is 18.7 Å². The zero-order valence-electron chi connectivity index (χ0n) is 14.6. The van der Waals surface area contributed by atoms with Crippen LogP contribution in [0.5, 0.6) is 0 Å². The highest BCUT2D eigenvalue weighted by molar-refractivity contribution is 9.10. The average molecular weight is 459 g/mol. The number of rotatable bonds is 3. The maximum atomic E-state index is 13.1. The van der Waals surface area contributed by atoms with Crippen molar-refractivity contribution in [2.45, 2.75) is 31.3 Å². The molecule has 1 aliphatic heterocycles. The Kier molecular flexibility index (Phi) is 4.09. The SMILES string of the molecule is O=C1NC2(CCc3ccccc3C2)C(=O)N1Cc1nc(-c2cc(Br)cs2)no1. The molecule has 1 unspecified atom stereocenters. The lowest BCUT2D eigenvalue weighted by Crippen LogP contribution is -2.51. The van der Waals surface area contributed by atoms with Gasteiger partial charge in [-0.25, -0.2) is 4.79 Å². The smallest absolute Gasteiger partial charge is 0.325 e. The van der Waals surface area contributed by atoms with Gasteiger partial charge < -0.3 is 9.84 Å². The Labute approximate surface area is 172 Å². The van der Waals surface area contributed by atoms with Gasteiger partial charge >= 0.3 is 6.03 Å². The van der Waals surface area contributed by atoms with E-state index in [2.05, 4.69) is 37.5 Å². The van der Waals surface area contributed by atoms with Crippen molar-refractivity contribution in [1.82, 2.24) is 20.4 Å². The molecule has 3 heterocycles. The van der Waals surface area contributed by atoms with Crippen molar-refractivity contribution in [1.29, 1.82) is 0 Å². The van der Waals surface area contributed by atoms with Gasteiger partial charge in [0.25, 0.3) is 5.91 Å². The molecule has 9 heteroatoms. The fourth-order valence-electron chi connectivity index (χ4n) is 3.83. The van der Waals surface area contributed by atoms with E-state index in [1.807, 2.05) is 29.6 Å². The van der Waals surface area contributed by atoms with Crippen LogP contribution < -0.4 is 5.32 Å². The van der Waals surface area contributed by atoms with E-state index < -0.39 is 11.6 Å². The van der Waals surface area contributed by atoms with E-state index in [1.54, 1.807) is 0 Å². The van der Waals surface area contributed by atoms with Crippen LogP contribution in [0.15, 0.2) is 44.7 Å². The number of fused-ring (bicyclic) bond motifs is 1. The number of halogens is 1. The van der Waals surface area contributed by atoms with Gasteiger partial charge in [0.2, 0.25) is 11.7 Å². The molecule has 0 bridgehead atoms. The molecule has 5 rings (SSSR count). The van der Waals surface area contributed by atoms with Gasteiger partial charge in [0.15, 0.2) is 0 Å². The first kappa shape index (κ1) is 17.6. The number of urea groups is 1. The summed E-state index contributed by atoms with van der Waals surface area (Å²) in [5.41, 5.74) is 1.46. The van der Waals surface area contributed by atoms with Crippen LogP contribution in [0, 0.1) is 0 Å². The van der Waals surface area contributed by atoms with E-state index in [4.69, 9.17) is 4.52 Å². The quantitative estimate of drug-likeness (QED) is 0.606. The van der Waals surface area contributed by atoms with Crippen LogP contribution in [-0.4, -0.2) is 32.5 Å². The Morgan fingerprint density at radius 3 is 2.89 bits per heavy atom. The van der Waals surface area contributed by atoms with Gasteiger partial charge in [-0.05, 0) is 46.0 Å². The van der Waals surface area contributed by atoms with Crippen LogP contribution in [0.4, 0.5) is 4.79 Å². The first-order valence-corrected chi connectivity index (χ1v) is 10.5. The normalized spacial score (nSPS) is 21.2. The summed E-state index contributed by atoms with van der Waals surface area (Å²) in [7, 11) is 0. The second-order valence-electron chi connectivity index (χ2n) is 6.99. The van der Waals surface area contributed by atoms with Crippen molar-refractivity contribution >= 4 is 39.2 Å². The molecule has 3 aromatic rings. The van der Waals surface area contributed by atoms with Crippen LogP contribution in [-0.2, 0) is 24.2 Å². The van der Waals surface area contributed by atoms with Crippen molar-refractivity contribution in [3.05, 3.63) is 57.2 Å². The molecule has 28 heavy (non-hydrogen) atoms. The van der Waals surface area contributed by atoms with Crippen LogP contribution >= 0.6 is 27.3 Å². The molecule has 1 N–H and O–H groups in total. The van der Waals surface area contributed by atoms with Gasteiger partial charge in [0.1, 0.15) is 12.1 Å². The molecular weight excluding hydrogens is 444 g/mol. The Balaban J connectivity index is 1.37. The monoisotopic (exact) mass is 458 g/mol. The Morgan fingerprint density at radius 1 is 1.29 bits per heavy atom. The van der Waals surface area contributed by atoms with Crippen molar-refractivity contribution in [3.8, 4) is 10.7 Å². The first-order valence-electron chi connectivity index (χ1n) is 8.82. The predicted molar refractivity (Wildman–Crippen MR) is 106 cm³/mol. The summed E-state index contributed by atoms with van der Waals surface area (Å²) >= 11 is 4.87. The minimum atomic E-state index is -0.882. The number of aromatic nitrogens is 2. The highest BCUT2D eigenvalue weighted by atomic mass is 79.9. The number of hydrogen-bond donors (Lipinski definition) is 1. The number of nitrogens with one attached hydrogen (secondary N) is 1. The van der Waals surface area contributed by atoms with Crippen LogP contribution in [0.25, 0.3) is 10.7 Å². The van der Waals surface area contributed by atoms with Crippen LogP contribution in [0.2, 0.25) is 0 Å². The summed E-state index contributed by atoms with van der Waals surface area (Å²) in [6, 6.07) is 9.52. The molecule has 142 valence electrons. The minimum Gasteiger partial charge on any atom is -0.337 e. The second kappa shape index (κ2) is 6.52. The van der Waals surface area contributed by atoms with Gasteiger partial charge in [0, 0.05) is 16.3 Å². The number of nitrogens with zero attached hydrogens (tertiary/aromatic N) is 3. The molecule has 1 fully saturated rings. The zero-order chi connectivity index (χ0) is 19.3. The minimum absolute atomic E-state index is 0.0341. The highest BCUT2D eigenvalue weighted by Gasteiger charge is 2.52. The summed E-state index contributed by atoms with van der Waals surface area (Å²) in [6.45, 7) is -0.0341.